The molecule has 1 fully saturated rings. The predicted octanol–water partition coefficient (Wildman–Crippen LogP) is 2.69. The lowest BCUT2D eigenvalue weighted by atomic mass is 10.1. The summed E-state index contributed by atoms with van der Waals surface area (Å²) in [5.74, 6) is -0.0495. The zero-order valence-electron chi connectivity index (χ0n) is 14.0. The summed E-state index contributed by atoms with van der Waals surface area (Å²) >= 11 is 0. The first-order chi connectivity index (χ1) is 9.99. The van der Waals surface area contributed by atoms with E-state index >= 15 is 0 Å². The van der Waals surface area contributed by atoms with Crippen molar-refractivity contribution in [2.24, 2.45) is 0 Å². The molecule has 0 spiro atoms. The maximum atomic E-state index is 12.3. The van der Waals surface area contributed by atoms with Crippen LogP contribution in [0.5, 0.6) is 0 Å². The van der Waals surface area contributed by atoms with Crippen molar-refractivity contribution in [3.63, 3.8) is 0 Å². The van der Waals surface area contributed by atoms with Gasteiger partial charge in [0.15, 0.2) is 0 Å². The first-order valence-electron chi connectivity index (χ1n) is 7.48. The number of rotatable bonds is 4. The number of carbonyl (C=O) groups is 1. The molecule has 5 nitrogen and oxygen atoms in total. The van der Waals surface area contributed by atoms with Crippen LogP contribution in [0.15, 0.2) is 24.3 Å². The van der Waals surface area contributed by atoms with Gasteiger partial charge in [0.25, 0.3) is 0 Å². The third kappa shape index (κ3) is 5.84. The van der Waals surface area contributed by atoms with E-state index in [-0.39, 0.29) is 42.9 Å². The molecule has 2 rings (SSSR count). The molecule has 2 atom stereocenters. The Kier molecular flexibility index (Phi) is 9.54. The summed E-state index contributed by atoms with van der Waals surface area (Å²) in [6.07, 6.45) is -0.111. The molecular formula is C16H27Cl2N3O2. The molecule has 23 heavy (non-hydrogen) atoms. The second-order valence-corrected chi connectivity index (χ2v) is 5.75. The van der Waals surface area contributed by atoms with Gasteiger partial charge in [-0.2, -0.15) is 0 Å². The molecule has 2 N–H and O–H groups in total. The van der Waals surface area contributed by atoms with E-state index in [2.05, 4.69) is 29.4 Å². The largest absolute Gasteiger partial charge is 0.375 e. The summed E-state index contributed by atoms with van der Waals surface area (Å²) in [5.41, 5.74) is 1.90. The summed E-state index contributed by atoms with van der Waals surface area (Å²) in [6.45, 7) is 7.55. The van der Waals surface area contributed by atoms with Crippen molar-refractivity contribution in [2.45, 2.75) is 39.0 Å². The van der Waals surface area contributed by atoms with Crippen LogP contribution < -0.4 is 15.5 Å². The van der Waals surface area contributed by atoms with Crippen molar-refractivity contribution < 1.29 is 9.53 Å². The quantitative estimate of drug-likeness (QED) is 0.863. The number of hydrogen-bond donors (Lipinski definition) is 2. The smallest absolute Gasteiger partial charge is 0.244 e. The number of hydrogen-bond acceptors (Lipinski definition) is 4. The van der Waals surface area contributed by atoms with Gasteiger partial charge < -0.3 is 20.3 Å². The minimum atomic E-state index is -0.301. The number of anilines is 2. The Morgan fingerprint density at radius 1 is 1.39 bits per heavy atom. The molecule has 1 saturated heterocycles. The first kappa shape index (κ1) is 22.0. The Morgan fingerprint density at radius 2 is 2.09 bits per heavy atom. The topological polar surface area (TPSA) is 53.6 Å². The van der Waals surface area contributed by atoms with Crippen LogP contribution in [0.4, 0.5) is 11.4 Å². The van der Waals surface area contributed by atoms with Gasteiger partial charge in [-0.25, -0.2) is 0 Å². The molecular weight excluding hydrogens is 337 g/mol. The van der Waals surface area contributed by atoms with Crippen molar-refractivity contribution >= 4 is 42.1 Å². The zero-order chi connectivity index (χ0) is 15.4. The fourth-order valence-electron chi connectivity index (χ4n) is 2.35. The van der Waals surface area contributed by atoms with E-state index in [1.165, 1.54) is 0 Å². The van der Waals surface area contributed by atoms with E-state index in [9.17, 15) is 4.79 Å². The highest BCUT2D eigenvalue weighted by molar-refractivity contribution is 5.95. The number of nitrogens with one attached hydrogen (secondary N) is 2. The summed E-state index contributed by atoms with van der Waals surface area (Å²) in [5, 5.41) is 6.17. The second kappa shape index (κ2) is 9.98. The van der Waals surface area contributed by atoms with Crippen LogP contribution in [0.2, 0.25) is 0 Å². The summed E-state index contributed by atoms with van der Waals surface area (Å²) < 4.78 is 5.51. The zero-order valence-corrected chi connectivity index (χ0v) is 15.7. The van der Waals surface area contributed by atoms with Crippen LogP contribution in [-0.4, -0.2) is 44.3 Å². The normalized spacial score (nSPS) is 20.2. The van der Waals surface area contributed by atoms with Gasteiger partial charge >= 0.3 is 0 Å². The summed E-state index contributed by atoms with van der Waals surface area (Å²) in [4.78, 5) is 14.5. The molecule has 1 aromatic rings. The number of halogens is 2. The van der Waals surface area contributed by atoms with E-state index in [0.717, 1.165) is 11.4 Å². The molecule has 0 aliphatic carbocycles. The van der Waals surface area contributed by atoms with Gasteiger partial charge in [-0.15, -0.1) is 24.8 Å². The molecule has 0 saturated carbocycles. The maximum Gasteiger partial charge on any atom is 0.244 e. The van der Waals surface area contributed by atoms with Gasteiger partial charge in [0.1, 0.15) is 6.04 Å². The average Bonchev–Trinajstić information content (AvgIpc) is 2.47. The van der Waals surface area contributed by atoms with Crippen LogP contribution in [0.3, 0.4) is 0 Å². The molecule has 1 amide bonds. The molecule has 0 unspecified atom stereocenters. The Hall–Kier alpha value is -1.01. The van der Waals surface area contributed by atoms with Crippen LogP contribution in [-0.2, 0) is 9.53 Å². The SMILES string of the molecule is CC(C)N(C)c1cccc(NC(=O)[C@H]2NCCO[C@@H]2C)c1.Cl.Cl. The molecule has 132 valence electrons. The molecule has 1 aliphatic heterocycles. The van der Waals surface area contributed by atoms with Gasteiger partial charge in [-0.05, 0) is 39.0 Å². The first-order valence-corrected chi connectivity index (χ1v) is 7.48. The van der Waals surface area contributed by atoms with Crippen molar-refractivity contribution in [3.05, 3.63) is 24.3 Å². The van der Waals surface area contributed by atoms with Crippen LogP contribution in [0.25, 0.3) is 0 Å². The van der Waals surface area contributed by atoms with E-state index in [0.29, 0.717) is 19.2 Å². The number of amides is 1. The third-order valence-corrected chi connectivity index (χ3v) is 3.89. The number of carbonyl (C=O) groups excluding carboxylic acids is 1. The predicted molar refractivity (Wildman–Crippen MR) is 100 cm³/mol. The van der Waals surface area contributed by atoms with Gasteiger partial charge in [-0.1, -0.05) is 6.07 Å². The van der Waals surface area contributed by atoms with Crippen molar-refractivity contribution in [3.8, 4) is 0 Å². The van der Waals surface area contributed by atoms with E-state index in [1.54, 1.807) is 0 Å². The fourth-order valence-corrected chi connectivity index (χ4v) is 2.35. The number of ether oxygens (including phenoxy) is 1. The number of nitrogens with zero attached hydrogens (tertiary/aromatic N) is 1. The molecule has 7 heteroatoms. The molecule has 1 aliphatic rings. The van der Waals surface area contributed by atoms with Crippen LogP contribution >= 0.6 is 24.8 Å². The molecule has 0 bridgehead atoms. The Labute approximate surface area is 151 Å². The van der Waals surface area contributed by atoms with Crippen LogP contribution in [0, 0.1) is 0 Å². The van der Waals surface area contributed by atoms with Gasteiger partial charge in [0.05, 0.1) is 12.7 Å². The molecule has 1 heterocycles. The lowest BCUT2D eigenvalue weighted by Crippen LogP contribution is -2.53. The molecule has 0 aromatic heterocycles. The van der Waals surface area contributed by atoms with Gasteiger partial charge in [0.2, 0.25) is 5.91 Å². The Morgan fingerprint density at radius 3 is 2.70 bits per heavy atom. The van der Waals surface area contributed by atoms with E-state index in [4.69, 9.17) is 4.74 Å². The van der Waals surface area contributed by atoms with Crippen molar-refractivity contribution in [1.82, 2.24) is 5.32 Å². The fraction of sp³-hybridized carbons (Fsp3) is 0.562. The number of morpholine rings is 1. The molecule has 0 radical (unpaired) electrons. The standard InChI is InChI=1S/C16H25N3O2.2ClH/c1-11(2)19(4)14-7-5-6-13(10-14)18-16(20)15-12(3)21-9-8-17-15;;/h5-7,10-12,15,17H,8-9H2,1-4H3,(H,18,20);2*1H/t12-,15+;;/m1../s1. The lowest BCUT2D eigenvalue weighted by Gasteiger charge is -2.29. The highest BCUT2D eigenvalue weighted by Gasteiger charge is 2.28. The number of benzene rings is 1. The third-order valence-electron chi connectivity index (χ3n) is 3.89. The highest BCUT2D eigenvalue weighted by Crippen LogP contribution is 2.20. The minimum Gasteiger partial charge on any atom is -0.375 e. The minimum absolute atomic E-state index is 0. The lowest BCUT2D eigenvalue weighted by molar-refractivity contribution is -0.123. The van der Waals surface area contributed by atoms with Gasteiger partial charge in [0, 0.05) is 31.0 Å². The van der Waals surface area contributed by atoms with Crippen molar-refractivity contribution in [2.75, 3.05) is 30.4 Å². The second-order valence-electron chi connectivity index (χ2n) is 5.75. The van der Waals surface area contributed by atoms with Crippen molar-refractivity contribution in [1.29, 1.82) is 0 Å². The van der Waals surface area contributed by atoms with Crippen LogP contribution in [0.1, 0.15) is 20.8 Å². The van der Waals surface area contributed by atoms with E-state index < -0.39 is 0 Å². The van der Waals surface area contributed by atoms with E-state index in [1.807, 2.05) is 38.2 Å². The summed E-state index contributed by atoms with van der Waals surface area (Å²) in [6, 6.07) is 8.00. The summed E-state index contributed by atoms with van der Waals surface area (Å²) in [7, 11) is 2.05. The Bertz CT molecular complexity index is 500. The molecule has 1 aromatic carbocycles. The highest BCUT2D eigenvalue weighted by atomic mass is 35.5. The Balaban J connectivity index is 0.00000242. The maximum absolute atomic E-state index is 12.3. The average molecular weight is 364 g/mol. The monoisotopic (exact) mass is 363 g/mol. The van der Waals surface area contributed by atoms with Gasteiger partial charge in [-0.3, -0.25) is 4.79 Å².